The lowest BCUT2D eigenvalue weighted by Gasteiger charge is -2.27. The Morgan fingerprint density at radius 3 is 1.59 bits per heavy atom. The van der Waals surface area contributed by atoms with E-state index in [1.54, 1.807) is 39.8 Å². The summed E-state index contributed by atoms with van der Waals surface area (Å²) in [4.78, 5) is 24.8. The molecule has 0 saturated heterocycles. The summed E-state index contributed by atoms with van der Waals surface area (Å²) in [5, 5.41) is 10.1. The fourth-order valence-corrected chi connectivity index (χ4v) is 2.87. The van der Waals surface area contributed by atoms with Gasteiger partial charge in [-0.25, -0.2) is 0 Å². The van der Waals surface area contributed by atoms with Crippen LogP contribution in [0.5, 0.6) is 17.2 Å². The Hall–Kier alpha value is -2.95. The number of hydrogen-bond donors (Lipinski definition) is 0. The number of nitriles is 1. The van der Waals surface area contributed by atoms with E-state index in [9.17, 15) is 14.9 Å². The first-order valence-electron chi connectivity index (χ1n) is 9.23. The Balaban J connectivity index is 3.55. The highest BCUT2D eigenvalue weighted by molar-refractivity contribution is 5.78. The van der Waals surface area contributed by atoms with Crippen molar-refractivity contribution >= 4 is 11.9 Å². The third-order valence-electron chi connectivity index (χ3n) is 4.06. The molecule has 0 radical (unpaired) electrons. The molecule has 8 nitrogen and oxygen atoms in total. The quantitative estimate of drug-likeness (QED) is 0.545. The first-order chi connectivity index (χ1) is 13.6. The normalized spacial score (nSPS) is 11.0. The summed E-state index contributed by atoms with van der Waals surface area (Å²) in [6, 6.07) is 5.23. The maximum Gasteiger partial charge on any atom is 0.308 e. The standard InChI is InChI=1S/C21H29NO7/c1-13(2)28-18(23)10-21(12-22,11-19(24)29-14(3)4)15-8-16(25-5)20(27-7)17(9-15)26-6/h8-9,13-14H,10-11H2,1-7H3. The molecule has 1 rings (SSSR count). The highest BCUT2D eigenvalue weighted by Gasteiger charge is 2.40. The van der Waals surface area contributed by atoms with Crippen LogP contribution in [0.25, 0.3) is 0 Å². The van der Waals surface area contributed by atoms with E-state index in [2.05, 4.69) is 6.07 Å². The Morgan fingerprint density at radius 1 is 0.897 bits per heavy atom. The SMILES string of the molecule is COc1cc(C(C#N)(CC(=O)OC(C)C)CC(=O)OC(C)C)cc(OC)c1OC. The lowest BCUT2D eigenvalue weighted by molar-refractivity contribution is -0.151. The number of ether oxygens (including phenoxy) is 5. The van der Waals surface area contributed by atoms with Crippen molar-refractivity contribution in [3.05, 3.63) is 17.7 Å². The van der Waals surface area contributed by atoms with Crippen LogP contribution in [0, 0.1) is 11.3 Å². The van der Waals surface area contributed by atoms with Crippen LogP contribution in [0.1, 0.15) is 46.1 Å². The Kier molecular flexibility index (Phi) is 8.77. The smallest absolute Gasteiger partial charge is 0.308 e. The zero-order valence-corrected chi connectivity index (χ0v) is 18.0. The summed E-state index contributed by atoms with van der Waals surface area (Å²) >= 11 is 0. The number of benzene rings is 1. The fraction of sp³-hybridized carbons (Fsp3) is 0.571. The van der Waals surface area contributed by atoms with Crippen molar-refractivity contribution < 1.29 is 33.3 Å². The van der Waals surface area contributed by atoms with E-state index in [4.69, 9.17) is 23.7 Å². The van der Waals surface area contributed by atoms with E-state index >= 15 is 0 Å². The molecule has 1 aromatic rings. The molecule has 0 bridgehead atoms. The molecule has 0 saturated carbocycles. The van der Waals surface area contributed by atoms with Gasteiger partial charge in [-0.05, 0) is 45.4 Å². The lowest BCUT2D eigenvalue weighted by atomic mass is 9.75. The minimum Gasteiger partial charge on any atom is -0.493 e. The van der Waals surface area contributed by atoms with Gasteiger partial charge in [0.2, 0.25) is 5.75 Å². The van der Waals surface area contributed by atoms with Crippen molar-refractivity contribution in [2.45, 2.75) is 58.2 Å². The third kappa shape index (κ3) is 6.28. The van der Waals surface area contributed by atoms with Crippen LogP contribution < -0.4 is 14.2 Å². The van der Waals surface area contributed by atoms with Crippen molar-refractivity contribution in [3.63, 3.8) is 0 Å². The van der Waals surface area contributed by atoms with Gasteiger partial charge in [-0.1, -0.05) is 0 Å². The molecule has 8 heteroatoms. The van der Waals surface area contributed by atoms with Crippen LogP contribution in [0.2, 0.25) is 0 Å². The van der Waals surface area contributed by atoms with Gasteiger partial charge in [0.25, 0.3) is 0 Å². The maximum absolute atomic E-state index is 12.4. The minimum absolute atomic E-state index is 0.302. The monoisotopic (exact) mass is 407 g/mol. The fourth-order valence-electron chi connectivity index (χ4n) is 2.87. The van der Waals surface area contributed by atoms with Gasteiger partial charge in [-0.15, -0.1) is 0 Å². The van der Waals surface area contributed by atoms with Gasteiger partial charge < -0.3 is 23.7 Å². The predicted octanol–water partition coefficient (Wildman–Crippen LogP) is 3.16. The van der Waals surface area contributed by atoms with Gasteiger partial charge in [0.1, 0.15) is 5.41 Å². The van der Waals surface area contributed by atoms with Gasteiger partial charge >= 0.3 is 11.9 Å². The molecule has 0 amide bonds. The second kappa shape index (κ2) is 10.6. The van der Waals surface area contributed by atoms with Crippen molar-refractivity contribution in [1.82, 2.24) is 0 Å². The van der Waals surface area contributed by atoms with Crippen LogP contribution in [0.4, 0.5) is 0 Å². The summed E-state index contributed by atoms with van der Waals surface area (Å²) in [7, 11) is 4.34. The van der Waals surface area contributed by atoms with E-state index < -0.39 is 17.4 Å². The summed E-state index contributed by atoms with van der Waals surface area (Å²) in [6.45, 7) is 6.83. The number of hydrogen-bond acceptors (Lipinski definition) is 8. The minimum atomic E-state index is -1.54. The number of methoxy groups -OCH3 is 3. The number of rotatable bonds is 10. The molecule has 0 aromatic heterocycles. The van der Waals surface area contributed by atoms with E-state index in [-0.39, 0.29) is 25.0 Å². The van der Waals surface area contributed by atoms with Gasteiger partial charge in [0, 0.05) is 0 Å². The molecule has 0 fully saturated rings. The number of nitrogens with zero attached hydrogens (tertiary/aromatic N) is 1. The topological polar surface area (TPSA) is 104 Å². The Labute approximate surface area is 171 Å². The lowest BCUT2D eigenvalue weighted by Crippen LogP contribution is -2.33. The van der Waals surface area contributed by atoms with Gasteiger partial charge in [-0.2, -0.15) is 5.26 Å². The van der Waals surface area contributed by atoms with Gasteiger partial charge in [0.05, 0.1) is 52.4 Å². The molecule has 1 aromatic carbocycles. The zero-order chi connectivity index (χ0) is 22.2. The molecule has 0 heterocycles. The molecule has 0 atom stereocenters. The summed E-state index contributed by atoms with van der Waals surface area (Å²) in [5.74, 6) is -0.271. The van der Waals surface area contributed by atoms with Crippen LogP contribution >= 0.6 is 0 Å². The molecular weight excluding hydrogens is 378 g/mol. The van der Waals surface area contributed by atoms with Crippen molar-refractivity contribution in [2.24, 2.45) is 0 Å². The summed E-state index contributed by atoms with van der Waals surface area (Å²) in [6.07, 6.45) is -1.40. The molecule has 0 spiro atoms. The number of esters is 2. The van der Waals surface area contributed by atoms with E-state index in [1.165, 1.54) is 21.3 Å². The van der Waals surface area contributed by atoms with Crippen LogP contribution in [0.3, 0.4) is 0 Å². The Bertz CT molecular complexity index is 716. The molecule has 0 N–H and O–H groups in total. The van der Waals surface area contributed by atoms with Crippen LogP contribution in [-0.4, -0.2) is 45.5 Å². The largest absolute Gasteiger partial charge is 0.493 e. The zero-order valence-electron chi connectivity index (χ0n) is 18.0. The molecule has 160 valence electrons. The van der Waals surface area contributed by atoms with Gasteiger partial charge in [-0.3, -0.25) is 9.59 Å². The maximum atomic E-state index is 12.4. The highest BCUT2D eigenvalue weighted by Crippen LogP contribution is 2.43. The van der Waals surface area contributed by atoms with E-state index in [0.717, 1.165) is 0 Å². The molecular formula is C21H29NO7. The molecule has 29 heavy (non-hydrogen) atoms. The second-order valence-electron chi connectivity index (χ2n) is 7.04. The number of carbonyl (C=O) groups excluding carboxylic acids is 2. The van der Waals surface area contributed by atoms with Crippen molar-refractivity contribution in [2.75, 3.05) is 21.3 Å². The summed E-state index contributed by atoms with van der Waals surface area (Å²) < 4.78 is 26.5. The number of carbonyl (C=O) groups is 2. The highest BCUT2D eigenvalue weighted by atomic mass is 16.5. The third-order valence-corrected chi connectivity index (χ3v) is 4.06. The first-order valence-corrected chi connectivity index (χ1v) is 9.23. The average molecular weight is 407 g/mol. The molecule has 0 aliphatic heterocycles. The van der Waals surface area contributed by atoms with Crippen LogP contribution in [-0.2, 0) is 24.5 Å². The molecule has 0 unspecified atom stereocenters. The van der Waals surface area contributed by atoms with E-state index in [0.29, 0.717) is 22.8 Å². The second-order valence-corrected chi connectivity index (χ2v) is 7.04. The average Bonchev–Trinajstić information content (AvgIpc) is 2.64. The Morgan fingerprint density at radius 2 is 1.31 bits per heavy atom. The molecule has 0 aliphatic carbocycles. The van der Waals surface area contributed by atoms with Crippen LogP contribution in [0.15, 0.2) is 12.1 Å². The first kappa shape index (κ1) is 24.1. The summed E-state index contributed by atoms with van der Waals surface area (Å²) in [5.41, 5.74) is -1.18. The van der Waals surface area contributed by atoms with E-state index in [1.807, 2.05) is 0 Å². The predicted molar refractivity (Wildman–Crippen MR) is 105 cm³/mol. The molecule has 0 aliphatic rings. The van der Waals surface area contributed by atoms with Crippen molar-refractivity contribution in [1.29, 1.82) is 5.26 Å². The van der Waals surface area contributed by atoms with Gasteiger partial charge in [0.15, 0.2) is 11.5 Å². The van der Waals surface area contributed by atoms with Crippen molar-refractivity contribution in [3.8, 4) is 23.3 Å².